The zero-order valence-corrected chi connectivity index (χ0v) is 10.1. The van der Waals surface area contributed by atoms with Crippen molar-refractivity contribution in [3.8, 4) is 0 Å². The lowest BCUT2D eigenvalue weighted by Crippen LogP contribution is -2.31. The third-order valence-corrected chi connectivity index (χ3v) is 3.41. The van der Waals surface area contributed by atoms with Gasteiger partial charge in [-0.1, -0.05) is 0 Å². The van der Waals surface area contributed by atoms with Crippen molar-refractivity contribution in [2.24, 2.45) is 5.73 Å². The van der Waals surface area contributed by atoms with Gasteiger partial charge in [0.05, 0.1) is 16.8 Å². The normalized spacial score (nSPS) is 13.0. The molecule has 4 N–H and O–H groups in total. The molecule has 0 fully saturated rings. The molecule has 0 aliphatic rings. The van der Waals surface area contributed by atoms with Crippen molar-refractivity contribution < 1.29 is 18.4 Å². The number of nitrogens with two attached hydrogens (primary N) is 1. The van der Waals surface area contributed by atoms with Crippen LogP contribution in [-0.4, -0.2) is 36.8 Å². The lowest BCUT2D eigenvalue weighted by Gasteiger charge is -2.10. The third kappa shape index (κ3) is 4.28. The first-order valence-corrected chi connectivity index (χ1v) is 6.62. The quantitative estimate of drug-likeness (QED) is 0.480. The summed E-state index contributed by atoms with van der Waals surface area (Å²) in [5.41, 5.74) is 5.15. The highest BCUT2D eigenvalue weighted by molar-refractivity contribution is 7.92. The van der Waals surface area contributed by atoms with Crippen LogP contribution in [0.3, 0.4) is 0 Å². The highest BCUT2D eigenvalue weighted by Gasteiger charge is 2.16. The molecule has 0 saturated carbocycles. The number of sulfonamides is 1. The Labute approximate surface area is 104 Å². The number of aliphatic hydroxyl groups excluding tert-OH is 1. The number of nitrogens with one attached hydrogen (secondary N) is 1. The van der Waals surface area contributed by atoms with E-state index in [-0.39, 0.29) is 17.9 Å². The molecule has 0 aliphatic heterocycles. The van der Waals surface area contributed by atoms with Crippen molar-refractivity contribution in [3.05, 3.63) is 34.4 Å². The summed E-state index contributed by atoms with van der Waals surface area (Å²) in [4.78, 5) is 9.81. The number of benzene rings is 1. The average Bonchev–Trinajstić information content (AvgIpc) is 2.28. The molecule has 1 atom stereocenters. The zero-order chi connectivity index (χ0) is 13.8. The van der Waals surface area contributed by atoms with Gasteiger partial charge in [0.1, 0.15) is 0 Å². The van der Waals surface area contributed by atoms with Crippen molar-refractivity contribution >= 4 is 21.4 Å². The second kappa shape index (κ2) is 5.76. The standard InChI is InChI=1S/C9H13N3O5S/c10-5-9(13)6-18(16,17)11-7-1-3-8(4-2-7)12(14)15/h1-4,9,11,13H,5-6,10H2. The van der Waals surface area contributed by atoms with E-state index in [0.717, 1.165) is 0 Å². The first kappa shape index (κ1) is 14.4. The number of nitro benzene ring substituents is 1. The number of nitrogens with zero attached hydrogens (tertiary/aromatic N) is 1. The Morgan fingerprint density at radius 3 is 2.39 bits per heavy atom. The van der Waals surface area contributed by atoms with Gasteiger partial charge in [-0.25, -0.2) is 8.42 Å². The van der Waals surface area contributed by atoms with E-state index in [1.807, 2.05) is 0 Å². The maximum Gasteiger partial charge on any atom is 0.269 e. The summed E-state index contributed by atoms with van der Waals surface area (Å²) in [6, 6.07) is 4.89. The molecule has 1 unspecified atom stereocenters. The van der Waals surface area contributed by atoms with Crippen LogP contribution in [0.2, 0.25) is 0 Å². The monoisotopic (exact) mass is 275 g/mol. The van der Waals surface area contributed by atoms with E-state index in [4.69, 9.17) is 10.8 Å². The summed E-state index contributed by atoms with van der Waals surface area (Å²) in [6.07, 6.45) is -1.15. The molecule has 0 aromatic heterocycles. The second-order valence-electron chi connectivity index (χ2n) is 3.58. The van der Waals surface area contributed by atoms with Crippen molar-refractivity contribution in [3.63, 3.8) is 0 Å². The molecule has 9 heteroatoms. The van der Waals surface area contributed by atoms with Crippen LogP contribution in [0.15, 0.2) is 24.3 Å². The van der Waals surface area contributed by atoms with Crippen molar-refractivity contribution in [1.82, 2.24) is 0 Å². The predicted octanol–water partition coefficient (Wildman–Crippen LogP) is -0.344. The lowest BCUT2D eigenvalue weighted by molar-refractivity contribution is -0.384. The van der Waals surface area contributed by atoms with E-state index < -0.39 is 26.8 Å². The second-order valence-corrected chi connectivity index (χ2v) is 5.34. The number of rotatable bonds is 6. The van der Waals surface area contributed by atoms with Crippen LogP contribution in [0.5, 0.6) is 0 Å². The topological polar surface area (TPSA) is 136 Å². The molecule has 100 valence electrons. The molecule has 0 amide bonds. The molecule has 1 aromatic rings. The lowest BCUT2D eigenvalue weighted by atomic mass is 10.3. The molecule has 1 aromatic carbocycles. The number of non-ortho nitro benzene ring substituents is 1. The summed E-state index contributed by atoms with van der Waals surface area (Å²) < 4.78 is 25.2. The molecule has 8 nitrogen and oxygen atoms in total. The number of hydrogen-bond donors (Lipinski definition) is 3. The minimum Gasteiger partial charge on any atom is -0.391 e. The summed E-state index contributed by atoms with van der Waals surface area (Å²) in [6.45, 7) is -0.166. The predicted molar refractivity (Wildman–Crippen MR) is 65.6 cm³/mol. The van der Waals surface area contributed by atoms with Crippen LogP contribution in [-0.2, 0) is 10.0 Å². The van der Waals surface area contributed by atoms with Crippen LogP contribution in [0.1, 0.15) is 0 Å². The van der Waals surface area contributed by atoms with Gasteiger partial charge in [0.2, 0.25) is 10.0 Å². The number of hydrogen-bond acceptors (Lipinski definition) is 6. The van der Waals surface area contributed by atoms with Crippen LogP contribution in [0.4, 0.5) is 11.4 Å². The Bertz CT molecular complexity index is 514. The van der Waals surface area contributed by atoms with Crippen LogP contribution in [0, 0.1) is 10.1 Å². The molecule has 0 spiro atoms. The van der Waals surface area contributed by atoms with Crippen molar-refractivity contribution in [2.75, 3.05) is 17.0 Å². The summed E-state index contributed by atoms with van der Waals surface area (Å²) >= 11 is 0. The Kier molecular flexibility index (Phi) is 4.59. The van der Waals surface area contributed by atoms with E-state index in [2.05, 4.69) is 4.72 Å². The molecular weight excluding hydrogens is 262 g/mol. The molecule has 0 radical (unpaired) electrons. The molecule has 0 saturated heterocycles. The number of nitro groups is 1. The summed E-state index contributed by atoms with van der Waals surface area (Å²) in [7, 11) is -3.73. The molecule has 1 rings (SSSR count). The van der Waals surface area contributed by atoms with Gasteiger partial charge in [0.25, 0.3) is 5.69 Å². The minimum atomic E-state index is -3.73. The fraction of sp³-hybridized carbons (Fsp3) is 0.333. The molecular formula is C9H13N3O5S. The fourth-order valence-corrected chi connectivity index (χ4v) is 2.41. The van der Waals surface area contributed by atoms with Gasteiger partial charge in [0.15, 0.2) is 0 Å². The smallest absolute Gasteiger partial charge is 0.269 e. The first-order chi connectivity index (χ1) is 8.34. The molecule has 0 bridgehead atoms. The van der Waals surface area contributed by atoms with Gasteiger partial charge >= 0.3 is 0 Å². The van der Waals surface area contributed by atoms with E-state index in [1.54, 1.807) is 0 Å². The van der Waals surface area contributed by atoms with Crippen molar-refractivity contribution in [1.29, 1.82) is 0 Å². The van der Waals surface area contributed by atoms with Gasteiger partial charge in [-0.15, -0.1) is 0 Å². The minimum absolute atomic E-state index is 0.139. The SMILES string of the molecule is NCC(O)CS(=O)(=O)Nc1ccc([N+](=O)[O-])cc1. The van der Waals surface area contributed by atoms with E-state index >= 15 is 0 Å². The largest absolute Gasteiger partial charge is 0.391 e. The first-order valence-electron chi connectivity index (χ1n) is 4.97. The summed E-state index contributed by atoms with van der Waals surface area (Å²) in [5, 5.41) is 19.6. The van der Waals surface area contributed by atoms with Gasteiger partial charge in [-0.05, 0) is 12.1 Å². The van der Waals surface area contributed by atoms with Crippen LogP contribution < -0.4 is 10.5 Å². The van der Waals surface area contributed by atoms with E-state index in [1.165, 1.54) is 24.3 Å². The average molecular weight is 275 g/mol. The maximum absolute atomic E-state index is 11.5. The summed E-state index contributed by atoms with van der Waals surface area (Å²) in [5.74, 6) is -0.527. The Morgan fingerprint density at radius 2 is 1.94 bits per heavy atom. The molecule has 0 aliphatic carbocycles. The number of anilines is 1. The molecule has 0 heterocycles. The van der Waals surface area contributed by atoms with Gasteiger partial charge in [0, 0.05) is 24.4 Å². The van der Waals surface area contributed by atoms with Gasteiger partial charge in [-0.3, -0.25) is 14.8 Å². The Morgan fingerprint density at radius 1 is 1.39 bits per heavy atom. The maximum atomic E-state index is 11.5. The highest BCUT2D eigenvalue weighted by Crippen LogP contribution is 2.16. The molecule has 18 heavy (non-hydrogen) atoms. The Hall–Kier alpha value is -1.71. The fourth-order valence-electron chi connectivity index (χ4n) is 1.19. The van der Waals surface area contributed by atoms with E-state index in [9.17, 15) is 18.5 Å². The van der Waals surface area contributed by atoms with Gasteiger partial charge in [-0.2, -0.15) is 0 Å². The number of aliphatic hydroxyl groups is 1. The Balaban J connectivity index is 2.75. The van der Waals surface area contributed by atoms with Crippen molar-refractivity contribution in [2.45, 2.75) is 6.10 Å². The zero-order valence-electron chi connectivity index (χ0n) is 9.31. The van der Waals surface area contributed by atoms with Crippen LogP contribution >= 0.6 is 0 Å². The third-order valence-electron chi connectivity index (χ3n) is 2.04. The van der Waals surface area contributed by atoms with E-state index in [0.29, 0.717) is 0 Å². The highest BCUT2D eigenvalue weighted by atomic mass is 32.2. The van der Waals surface area contributed by atoms with Gasteiger partial charge < -0.3 is 10.8 Å². The van der Waals surface area contributed by atoms with Crippen LogP contribution in [0.25, 0.3) is 0 Å².